The van der Waals surface area contributed by atoms with Crippen LogP contribution in [0.15, 0.2) is 164 Å². The maximum Gasteiger partial charge on any atom is 0.0541 e. The molecule has 230 valence electrons. The van der Waals surface area contributed by atoms with Crippen molar-refractivity contribution in [2.45, 2.75) is 0 Å². The van der Waals surface area contributed by atoms with E-state index in [4.69, 9.17) is 0 Å². The van der Waals surface area contributed by atoms with Crippen molar-refractivity contribution >= 4 is 90.0 Å². The Balaban J connectivity index is 1.13. The summed E-state index contributed by atoms with van der Waals surface area (Å²) < 4.78 is 6.99. The van der Waals surface area contributed by atoms with Gasteiger partial charge in [0.1, 0.15) is 0 Å². The molecule has 0 spiro atoms. The zero-order valence-electron chi connectivity index (χ0n) is 26.7. The molecule has 0 amide bonds. The lowest BCUT2D eigenvalue weighted by Gasteiger charge is -2.08. The van der Waals surface area contributed by atoms with E-state index in [0.29, 0.717) is 0 Å². The van der Waals surface area contributed by atoms with Crippen LogP contribution in [-0.2, 0) is 0 Å². The first-order valence-electron chi connectivity index (χ1n) is 16.8. The van der Waals surface area contributed by atoms with E-state index in [0.717, 1.165) is 16.8 Å². The predicted molar refractivity (Wildman–Crippen MR) is 210 cm³/mol. The van der Waals surface area contributed by atoms with Crippen molar-refractivity contribution in [1.82, 2.24) is 13.7 Å². The topological polar surface area (TPSA) is 14.8 Å². The zero-order chi connectivity index (χ0) is 32.3. The molecular formula is C46H31N3. The summed E-state index contributed by atoms with van der Waals surface area (Å²) in [6.45, 7) is 0. The van der Waals surface area contributed by atoms with Crippen LogP contribution in [0.2, 0.25) is 0 Å². The molecule has 0 aliphatic carbocycles. The van der Waals surface area contributed by atoms with Crippen LogP contribution in [0, 0.1) is 0 Å². The average Bonchev–Trinajstić information content (AvgIpc) is 3.78. The van der Waals surface area contributed by atoms with Crippen LogP contribution in [0.25, 0.3) is 95.7 Å². The smallest absolute Gasteiger partial charge is 0.0541 e. The van der Waals surface area contributed by atoms with E-state index < -0.39 is 0 Å². The van der Waals surface area contributed by atoms with Crippen LogP contribution >= 0.6 is 0 Å². The van der Waals surface area contributed by atoms with Crippen LogP contribution in [-0.4, -0.2) is 13.7 Å². The summed E-state index contributed by atoms with van der Waals surface area (Å²) in [7, 11) is 0. The van der Waals surface area contributed by atoms with Crippen molar-refractivity contribution < 1.29 is 0 Å². The Morgan fingerprint density at radius 3 is 1.08 bits per heavy atom. The molecule has 3 heterocycles. The number of hydrogen-bond donors (Lipinski definition) is 0. The minimum Gasteiger partial charge on any atom is -0.316 e. The van der Waals surface area contributed by atoms with Crippen molar-refractivity contribution in [3.8, 4) is 5.69 Å². The summed E-state index contributed by atoms with van der Waals surface area (Å²) in [4.78, 5) is 0. The Morgan fingerprint density at radius 1 is 0.306 bits per heavy atom. The van der Waals surface area contributed by atoms with Gasteiger partial charge in [-0.3, -0.25) is 0 Å². The Morgan fingerprint density at radius 2 is 0.673 bits per heavy atom. The molecule has 0 saturated heterocycles. The molecule has 0 N–H and O–H groups in total. The number of rotatable bonds is 5. The third-order valence-corrected chi connectivity index (χ3v) is 9.89. The summed E-state index contributed by atoms with van der Waals surface area (Å²) in [6, 6.07) is 58.9. The number of nitrogens with zero attached hydrogens (tertiary/aromatic N) is 3. The maximum absolute atomic E-state index is 2.38. The van der Waals surface area contributed by atoms with E-state index in [9.17, 15) is 0 Å². The molecule has 7 aromatic carbocycles. The highest BCUT2D eigenvalue weighted by Gasteiger charge is 2.14. The highest BCUT2D eigenvalue weighted by atomic mass is 15.0. The molecule has 0 fully saturated rings. The molecule has 0 bridgehead atoms. The van der Waals surface area contributed by atoms with Gasteiger partial charge in [0.2, 0.25) is 0 Å². The third kappa shape index (κ3) is 4.37. The third-order valence-electron chi connectivity index (χ3n) is 9.89. The van der Waals surface area contributed by atoms with Gasteiger partial charge in [-0.05, 0) is 83.9 Å². The first kappa shape index (κ1) is 27.5. The van der Waals surface area contributed by atoms with Gasteiger partial charge in [0.25, 0.3) is 0 Å². The standard InChI is InChI=1S/C46H31N3/c1-2-12-34(13-3-1)49-45-24-22-32(26-28-47-41-18-8-4-14-35(41)36-15-5-9-19-42(36)47)30-39(45)40-31-33(23-25-46(40)49)27-29-48-43-20-10-6-16-37(43)38-17-7-11-21-44(38)48/h1-31H/b28-26-,29-27+. The average molecular weight is 626 g/mol. The van der Waals surface area contributed by atoms with E-state index in [1.807, 2.05) is 0 Å². The monoisotopic (exact) mass is 625 g/mol. The molecule has 0 radical (unpaired) electrons. The van der Waals surface area contributed by atoms with E-state index in [-0.39, 0.29) is 0 Å². The van der Waals surface area contributed by atoms with Crippen molar-refractivity contribution in [2.75, 3.05) is 0 Å². The fourth-order valence-corrected chi connectivity index (χ4v) is 7.67. The van der Waals surface area contributed by atoms with E-state index >= 15 is 0 Å². The van der Waals surface area contributed by atoms with Crippen molar-refractivity contribution in [2.24, 2.45) is 0 Å². The van der Waals surface area contributed by atoms with Gasteiger partial charge in [-0.15, -0.1) is 0 Å². The highest BCUT2D eigenvalue weighted by molar-refractivity contribution is 6.12. The Bertz CT molecular complexity index is 2640. The van der Waals surface area contributed by atoms with Crippen molar-refractivity contribution in [1.29, 1.82) is 0 Å². The quantitative estimate of drug-likeness (QED) is 0.181. The van der Waals surface area contributed by atoms with Gasteiger partial charge in [0.05, 0.1) is 33.1 Å². The van der Waals surface area contributed by atoms with E-state index in [1.54, 1.807) is 0 Å². The lowest BCUT2D eigenvalue weighted by atomic mass is 10.1. The number of fused-ring (bicyclic) bond motifs is 9. The zero-order valence-corrected chi connectivity index (χ0v) is 26.7. The maximum atomic E-state index is 2.38. The fourth-order valence-electron chi connectivity index (χ4n) is 7.67. The second-order valence-electron chi connectivity index (χ2n) is 12.7. The molecule has 0 aliphatic heterocycles. The van der Waals surface area contributed by atoms with Crippen LogP contribution in [0.5, 0.6) is 0 Å². The second-order valence-corrected chi connectivity index (χ2v) is 12.7. The van der Waals surface area contributed by atoms with Crippen molar-refractivity contribution in [3.63, 3.8) is 0 Å². The largest absolute Gasteiger partial charge is 0.316 e. The van der Waals surface area contributed by atoms with Crippen molar-refractivity contribution in [3.05, 3.63) is 175 Å². The Kier molecular flexibility index (Phi) is 6.18. The van der Waals surface area contributed by atoms with Gasteiger partial charge in [-0.25, -0.2) is 0 Å². The number of hydrogen-bond acceptors (Lipinski definition) is 0. The lowest BCUT2D eigenvalue weighted by Crippen LogP contribution is -1.93. The summed E-state index contributed by atoms with van der Waals surface area (Å²) in [6.07, 6.45) is 8.89. The molecule has 3 nitrogen and oxygen atoms in total. The summed E-state index contributed by atoms with van der Waals surface area (Å²) >= 11 is 0. The molecule has 3 heteroatoms. The normalized spacial score (nSPS) is 12.3. The SMILES string of the molecule is C(=C/n1c2ccccc2c2ccccc21)/c1ccc2c(c1)c1cc(/C=C/n3c4ccccc4c4ccccc43)ccc1n2-c1ccccc1. The molecule has 49 heavy (non-hydrogen) atoms. The van der Waals surface area contributed by atoms with Crippen LogP contribution in [0.3, 0.4) is 0 Å². The summed E-state index contributed by atoms with van der Waals surface area (Å²) in [5.41, 5.74) is 10.7. The molecule has 0 atom stereocenters. The molecular weight excluding hydrogens is 595 g/mol. The lowest BCUT2D eigenvalue weighted by molar-refractivity contribution is 1.18. The van der Waals surface area contributed by atoms with Crippen LogP contribution in [0.4, 0.5) is 0 Å². The van der Waals surface area contributed by atoms with Crippen LogP contribution < -0.4 is 0 Å². The highest BCUT2D eigenvalue weighted by Crippen LogP contribution is 2.35. The second kappa shape index (κ2) is 11.0. The first-order chi connectivity index (χ1) is 24.3. The van der Waals surface area contributed by atoms with E-state index in [2.05, 4.69) is 202 Å². The minimum atomic E-state index is 1.16. The number of aromatic nitrogens is 3. The summed E-state index contributed by atoms with van der Waals surface area (Å²) in [5.74, 6) is 0. The fraction of sp³-hybridized carbons (Fsp3) is 0. The van der Waals surface area contributed by atoms with E-state index in [1.165, 1.54) is 65.4 Å². The molecule has 0 aliphatic rings. The molecule has 0 saturated carbocycles. The van der Waals surface area contributed by atoms with Gasteiger partial charge in [-0.2, -0.15) is 0 Å². The van der Waals surface area contributed by atoms with Gasteiger partial charge in [-0.1, -0.05) is 103 Å². The van der Waals surface area contributed by atoms with Crippen LogP contribution in [0.1, 0.15) is 11.1 Å². The molecule has 10 rings (SSSR count). The van der Waals surface area contributed by atoms with Gasteiger partial charge < -0.3 is 13.7 Å². The minimum absolute atomic E-state index is 1.16. The molecule has 0 unspecified atom stereocenters. The molecule has 10 aromatic rings. The number of para-hydroxylation sites is 5. The first-order valence-corrected chi connectivity index (χ1v) is 16.8. The van der Waals surface area contributed by atoms with Gasteiger partial charge in [0, 0.05) is 50.4 Å². The predicted octanol–water partition coefficient (Wildman–Crippen LogP) is 12.3. The number of benzene rings is 7. The van der Waals surface area contributed by atoms with Gasteiger partial charge >= 0.3 is 0 Å². The van der Waals surface area contributed by atoms with Gasteiger partial charge in [0.15, 0.2) is 0 Å². The Hall–Kier alpha value is -6.58. The molecule has 3 aromatic heterocycles. The Labute approximate surface area is 283 Å². The summed E-state index contributed by atoms with van der Waals surface area (Å²) in [5, 5.41) is 7.54.